The lowest BCUT2D eigenvalue weighted by atomic mass is 9.49. The Bertz CT molecular complexity index is 678. The zero-order valence-electron chi connectivity index (χ0n) is 17.6. The third-order valence-corrected chi connectivity index (χ3v) is 8.44. The number of nitrogens with one attached hydrogen (secondary N) is 2. The highest BCUT2D eigenvalue weighted by atomic mass is 16.2. The lowest BCUT2D eigenvalue weighted by Gasteiger charge is -2.57. The highest BCUT2D eigenvalue weighted by Crippen LogP contribution is 2.64. The minimum atomic E-state index is -0.172. The summed E-state index contributed by atoms with van der Waals surface area (Å²) in [5, 5.41) is 6.47. The Morgan fingerprint density at radius 1 is 1.07 bits per heavy atom. The van der Waals surface area contributed by atoms with Crippen molar-refractivity contribution in [3.8, 4) is 0 Å². The van der Waals surface area contributed by atoms with Crippen molar-refractivity contribution in [2.75, 3.05) is 0 Å². The van der Waals surface area contributed by atoms with Gasteiger partial charge in [-0.05, 0) is 81.5 Å². The van der Waals surface area contributed by atoms with Gasteiger partial charge in [0.05, 0.1) is 6.04 Å². The molecular weight excluding hydrogens is 336 g/mol. The first-order valence-corrected chi connectivity index (χ1v) is 10.8. The predicted molar refractivity (Wildman–Crippen MR) is 107 cm³/mol. The van der Waals surface area contributed by atoms with E-state index in [1.807, 2.05) is 0 Å². The fourth-order valence-corrected chi connectivity index (χ4v) is 6.99. The number of fused-ring (bicyclic) bond motifs is 5. The van der Waals surface area contributed by atoms with Gasteiger partial charge < -0.3 is 10.6 Å². The maximum Gasteiger partial charge on any atom is 0.224 e. The van der Waals surface area contributed by atoms with E-state index in [-0.39, 0.29) is 40.1 Å². The number of carbonyl (C=O) groups excluding carboxylic acids is 2. The van der Waals surface area contributed by atoms with Gasteiger partial charge in [-0.1, -0.05) is 26.0 Å². The fourth-order valence-electron chi connectivity index (χ4n) is 6.99. The molecule has 4 nitrogen and oxygen atoms in total. The number of carbonyl (C=O) groups is 2. The van der Waals surface area contributed by atoms with E-state index in [2.05, 4.69) is 57.4 Å². The normalized spacial score (nSPS) is 46.1. The van der Waals surface area contributed by atoms with Crippen molar-refractivity contribution >= 4 is 11.8 Å². The van der Waals surface area contributed by atoms with Crippen LogP contribution in [0.15, 0.2) is 12.2 Å². The van der Waals surface area contributed by atoms with Gasteiger partial charge in [0.1, 0.15) is 0 Å². The van der Waals surface area contributed by atoms with Crippen molar-refractivity contribution in [3.05, 3.63) is 12.2 Å². The molecule has 0 aromatic rings. The lowest BCUT2D eigenvalue weighted by Crippen LogP contribution is -2.59. The Hall–Kier alpha value is -1.32. The molecule has 4 rings (SSSR count). The van der Waals surface area contributed by atoms with Crippen molar-refractivity contribution in [3.63, 3.8) is 0 Å². The highest BCUT2D eigenvalue weighted by Gasteiger charge is 2.60. The Labute approximate surface area is 163 Å². The number of hydrogen-bond acceptors (Lipinski definition) is 2. The smallest absolute Gasteiger partial charge is 0.224 e. The van der Waals surface area contributed by atoms with Crippen LogP contribution in [0.2, 0.25) is 0 Å². The standard InChI is InChI=1S/C23H36N2O2/c1-21(2,3)25-20(27)17-8-7-15-14-6-9-18-23(5,13-11-19(26)24-18)16(14)10-12-22(15,17)4/h6,9,14-18H,7-8,10-13H2,1-5H3,(H,24,26)(H,25,27)/t14-,15?,16?,17+,18?,22-,23+/m0/s1. The number of hydrogen-bond donors (Lipinski definition) is 2. The van der Waals surface area contributed by atoms with Crippen LogP contribution in [0.5, 0.6) is 0 Å². The second-order valence-electron chi connectivity index (χ2n) is 11.1. The van der Waals surface area contributed by atoms with Crippen LogP contribution in [0.1, 0.15) is 73.1 Å². The van der Waals surface area contributed by atoms with E-state index in [9.17, 15) is 9.59 Å². The average molecular weight is 373 g/mol. The summed E-state index contributed by atoms with van der Waals surface area (Å²) in [7, 11) is 0. The summed E-state index contributed by atoms with van der Waals surface area (Å²) in [5.74, 6) is 2.33. The molecule has 0 aromatic heterocycles. The van der Waals surface area contributed by atoms with Crippen molar-refractivity contribution in [1.82, 2.24) is 10.6 Å². The van der Waals surface area contributed by atoms with Crippen LogP contribution in [0, 0.1) is 34.5 Å². The molecule has 3 aliphatic carbocycles. The molecule has 0 aromatic carbocycles. The van der Waals surface area contributed by atoms with E-state index < -0.39 is 0 Å². The minimum Gasteiger partial charge on any atom is -0.351 e. The van der Waals surface area contributed by atoms with Gasteiger partial charge in [0.25, 0.3) is 0 Å². The molecular formula is C23H36N2O2. The van der Waals surface area contributed by atoms with Gasteiger partial charge in [-0.15, -0.1) is 0 Å². The third kappa shape index (κ3) is 2.94. The van der Waals surface area contributed by atoms with Crippen molar-refractivity contribution in [2.24, 2.45) is 34.5 Å². The van der Waals surface area contributed by atoms with Gasteiger partial charge in [-0.3, -0.25) is 9.59 Å². The van der Waals surface area contributed by atoms with E-state index in [1.54, 1.807) is 0 Å². The summed E-state index contributed by atoms with van der Waals surface area (Å²) in [4.78, 5) is 24.9. The predicted octanol–water partition coefficient (Wildman–Crippen LogP) is 3.81. The summed E-state index contributed by atoms with van der Waals surface area (Å²) in [6.45, 7) is 11.0. The largest absolute Gasteiger partial charge is 0.351 e. The van der Waals surface area contributed by atoms with Gasteiger partial charge in [0.2, 0.25) is 11.8 Å². The molecule has 4 heteroatoms. The number of allylic oxidation sites excluding steroid dienone is 1. The molecule has 0 radical (unpaired) electrons. The lowest BCUT2D eigenvalue weighted by molar-refractivity contribution is -0.135. The van der Waals surface area contributed by atoms with Crippen LogP contribution in [0.25, 0.3) is 0 Å². The molecule has 0 bridgehead atoms. The summed E-state index contributed by atoms with van der Waals surface area (Å²) >= 11 is 0. The van der Waals surface area contributed by atoms with Crippen LogP contribution in [0.3, 0.4) is 0 Å². The third-order valence-electron chi connectivity index (χ3n) is 8.44. The monoisotopic (exact) mass is 372 g/mol. The molecule has 1 aliphatic heterocycles. The molecule has 2 amide bonds. The molecule has 1 heterocycles. The van der Waals surface area contributed by atoms with Crippen molar-refractivity contribution in [2.45, 2.75) is 84.7 Å². The molecule has 1 saturated heterocycles. The Morgan fingerprint density at radius 3 is 2.48 bits per heavy atom. The first-order chi connectivity index (χ1) is 12.5. The summed E-state index contributed by atoms with van der Waals surface area (Å²) in [6, 6.07) is 0.186. The number of piperidine rings is 1. The highest BCUT2D eigenvalue weighted by molar-refractivity contribution is 5.80. The van der Waals surface area contributed by atoms with Crippen LogP contribution >= 0.6 is 0 Å². The molecule has 4 aliphatic rings. The van der Waals surface area contributed by atoms with Gasteiger partial charge in [0, 0.05) is 17.9 Å². The fraction of sp³-hybridized carbons (Fsp3) is 0.826. The summed E-state index contributed by atoms with van der Waals surface area (Å²) in [5.41, 5.74) is 0.0941. The molecule has 27 heavy (non-hydrogen) atoms. The number of amides is 2. The van der Waals surface area contributed by atoms with E-state index in [4.69, 9.17) is 0 Å². The van der Waals surface area contributed by atoms with Gasteiger partial charge in [0.15, 0.2) is 0 Å². The van der Waals surface area contributed by atoms with Crippen LogP contribution in [0.4, 0.5) is 0 Å². The first-order valence-electron chi connectivity index (χ1n) is 10.8. The zero-order chi connectivity index (χ0) is 19.6. The van der Waals surface area contributed by atoms with Crippen molar-refractivity contribution < 1.29 is 9.59 Å². The molecule has 2 N–H and O–H groups in total. The van der Waals surface area contributed by atoms with Crippen LogP contribution in [-0.4, -0.2) is 23.4 Å². The Kier molecular flexibility index (Phi) is 4.29. The van der Waals surface area contributed by atoms with E-state index in [1.165, 1.54) is 6.42 Å². The second kappa shape index (κ2) is 6.09. The molecule has 0 spiro atoms. The molecule has 3 unspecified atom stereocenters. The van der Waals surface area contributed by atoms with E-state index in [0.29, 0.717) is 24.2 Å². The quantitative estimate of drug-likeness (QED) is 0.688. The van der Waals surface area contributed by atoms with E-state index >= 15 is 0 Å². The van der Waals surface area contributed by atoms with E-state index in [0.717, 1.165) is 25.7 Å². The first kappa shape index (κ1) is 19.0. The molecule has 3 fully saturated rings. The summed E-state index contributed by atoms with van der Waals surface area (Å²) < 4.78 is 0. The summed E-state index contributed by atoms with van der Waals surface area (Å²) in [6.07, 6.45) is 10.8. The molecule has 7 atom stereocenters. The second-order valence-corrected chi connectivity index (χ2v) is 11.1. The van der Waals surface area contributed by atoms with Crippen molar-refractivity contribution in [1.29, 1.82) is 0 Å². The Balaban J connectivity index is 1.59. The van der Waals surface area contributed by atoms with Crippen LogP contribution in [-0.2, 0) is 9.59 Å². The maximum atomic E-state index is 13.0. The zero-order valence-corrected chi connectivity index (χ0v) is 17.6. The molecule has 150 valence electrons. The average Bonchev–Trinajstić information content (AvgIpc) is 2.91. The van der Waals surface area contributed by atoms with Crippen LogP contribution < -0.4 is 10.6 Å². The minimum absolute atomic E-state index is 0.0992. The molecule has 2 saturated carbocycles. The Morgan fingerprint density at radius 2 is 1.78 bits per heavy atom. The van der Waals surface area contributed by atoms with Gasteiger partial charge in [-0.2, -0.15) is 0 Å². The number of rotatable bonds is 1. The maximum absolute atomic E-state index is 13.0. The van der Waals surface area contributed by atoms with Gasteiger partial charge >= 0.3 is 0 Å². The van der Waals surface area contributed by atoms with Gasteiger partial charge in [-0.25, -0.2) is 0 Å². The SMILES string of the molecule is CC(C)(C)NC(=O)[C@H]1CCC2[C@@H]3C=CC4NC(=O)CC[C@]4(C)C3CC[C@@]21C. The topological polar surface area (TPSA) is 58.2 Å².